The van der Waals surface area contributed by atoms with Gasteiger partial charge in [0.05, 0.1) is 0 Å². The maximum absolute atomic E-state index is 13.2. The van der Waals surface area contributed by atoms with Crippen LogP contribution in [0.4, 0.5) is 4.39 Å². The lowest BCUT2D eigenvalue weighted by Gasteiger charge is -2.10. The lowest BCUT2D eigenvalue weighted by molar-refractivity contribution is 0.565. The van der Waals surface area contributed by atoms with E-state index in [0.29, 0.717) is 6.04 Å². The molecule has 2 rings (SSSR count). The fourth-order valence-corrected chi connectivity index (χ4v) is 2.10. The van der Waals surface area contributed by atoms with Crippen molar-refractivity contribution in [1.82, 2.24) is 5.32 Å². The highest BCUT2D eigenvalue weighted by Gasteiger charge is 2.03. The lowest BCUT2D eigenvalue weighted by atomic mass is 10.00. The molecule has 19 heavy (non-hydrogen) atoms. The van der Waals surface area contributed by atoms with Crippen LogP contribution in [-0.2, 0) is 6.42 Å². The van der Waals surface area contributed by atoms with Gasteiger partial charge in [-0.2, -0.15) is 0 Å². The van der Waals surface area contributed by atoms with E-state index in [1.54, 1.807) is 12.1 Å². The van der Waals surface area contributed by atoms with Crippen LogP contribution in [0.25, 0.3) is 11.1 Å². The van der Waals surface area contributed by atoms with Crippen LogP contribution in [0.2, 0.25) is 0 Å². The average Bonchev–Trinajstić information content (AvgIpc) is 2.45. The van der Waals surface area contributed by atoms with Crippen molar-refractivity contribution in [3.8, 4) is 11.1 Å². The van der Waals surface area contributed by atoms with Crippen LogP contribution in [0.3, 0.4) is 0 Å². The molecule has 0 aliphatic heterocycles. The fourth-order valence-electron chi connectivity index (χ4n) is 2.10. The van der Waals surface area contributed by atoms with Crippen molar-refractivity contribution >= 4 is 0 Å². The van der Waals surface area contributed by atoms with Crippen molar-refractivity contribution < 1.29 is 4.39 Å². The molecule has 1 N–H and O–H groups in total. The second-order valence-corrected chi connectivity index (χ2v) is 4.94. The number of hydrogen-bond donors (Lipinski definition) is 1. The molecule has 2 aromatic carbocycles. The van der Waals surface area contributed by atoms with Crippen LogP contribution in [0.1, 0.15) is 18.9 Å². The van der Waals surface area contributed by atoms with Crippen molar-refractivity contribution in [2.24, 2.45) is 0 Å². The van der Waals surface area contributed by atoms with Crippen molar-refractivity contribution in [2.45, 2.75) is 25.8 Å². The first kappa shape index (κ1) is 13.8. The van der Waals surface area contributed by atoms with E-state index >= 15 is 0 Å². The third kappa shape index (κ3) is 3.90. The standard InChI is InChI=1S/C17H20FN/c1-13(19-2)9-10-14-5-3-6-15(11-14)16-7-4-8-17(18)12-16/h3-8,11-13,19H,9-10H2,1-2H3. The summed E-state index contributed by atoms with van der Waals surface area (Å²) in [7, 11) is 1.98. The summed E-state index contributed by atoms with van der Waals surface area (Å²) in [6.45, 7) is 2.18. The summed E-state index contributed by atoms with van der Waals surface area (Å²) in [5, 5.41) is 3.24. The molecule has 0 spiro atoms. The minimum Gasteiger partial charge on any atom is -0.317 e. The van der Waals surface area contributed by atoms with Gasteiger partial charge in [0, 0.05) is 6.04 Å². The first-order chi connectivity index (χ1) is 9.19. The number of rotatable bonds is 5. The molecule has 0 aliphatic carbocycles. The third-order valence-electron chi connectivity index (χ3n) is 3.44. The lowest BCUT2D eigenvalue weighted by Crippen LogP contribution is -2.21. The fraction of sp³-hybridized carbons (Fsp3) is 0.294. The van der Waals surface area contributed by atoms with Crippen molar-refractivity contribution in [1.29, 1.82) is 0 Å². The molecule has 2 heteroatoms. The minimum atomic E-state index is -0.188. The molecule has 2 aromatic rings. The number of aryl methyl sites for hydroxylation is 1. The highest BCUT2D eigenvalue weighted by molar-refractivity contribution is 5.64. The summed E-state index contributed by atoms with van der Waals surface area (Å²) in [4.78, 5) is 0. The Morgan fingerprint density at radius 1 is 1.05 bits per heavy atom. The van der Waals surface area contributed by atoms with Gasteiger partial charge in [-0.1, -0.05) is 36.4 Å². The Bertz CT molecular complexity index is 536. The first-order valence-electron chi connectivity index (χ1n) is 6.71. The Morgan fingerprint density at radius 2 is 1.74 bits per heavy atom. The minimum absolute atomic E-state index is 0.188. The Kier molecular flexibility index (Phi) is 4.69. The second-order valence-electron chi connectivity index (χ2n) is 4.94. The first-order valence-corrected chi connectivity index (χ1v) is 6.71. The molecule has 0 heterocycles. The highest BCUT2D eigenvalue weighted by Crippen LogP contribution is 2.21. The number of hydrogen-bond acceptors (Lipinski definition) is 1. The molecular formula is C17H20FN. The van der Waals surface area contributed by atoms with E-state index in [0.717, 1.165) is 24.0 Å². The Labute approximate surface area is 114 Å². The zero-order chi connectivity index (χ0) is 13.7. The van der Waals surface area contributed by atoms with Crippen molar-refractivity contribution in [2.75, 3.05) is 7.05 Å². The van der Waals surface area contributed by atoms with E-state index < -0.39 is 0 Å². The third-order valence-corrected chi connectivity index (χ3v) is 3.44. The van der Waals surface area contributed by atoms with Gasteiger partial charge in [-0.25, -0.2) is 4.39 Å². The smallest absolute Gasteiger partial charge is 0.123 e. The highest BCUT2D eigenvalue weighted by atomic mass is 19.1. The van der Waals surface area contributed by atoms with Gasteiger partial charge in [0.1, 0.15) is 5.82 Å². The largest absolute Gasteiger partial charge is 0.317 e. The molecule has 0 aliphatic rings. The Balaban J connectivity index is 2.15. The van der Waals surface area contributed by atoms with Crippen LogP contribution in [-0.4, -0.2) is 13.1 Å². The zero-order valence-electron chi connectivity index (χ0n) is 11.5. The molecule has 0 amide bonds. The van der Waals surface area contributed by atoms with Gasteiger partial charge < -0.3 is 5.32 Å². The van der Waals surface area contributed by atoms with E-state index in [1.165, 1.54) is 11.6 Å². The summed E-state index contributed by atoms with van der Waals surface area (Å²) in [5.74, 6) is -0.188. The van der Waals surface area contributed by atoms with Crippen LogP contribution < -0.4 is 5.32 Å². The van der Waals surface area contributed by atoms with Crippen LogP contribution in [0, 0.1) is 5.82 Å². The number of nitrogens with one attached hydrogen (secondary N) is 1. The van der Waals surface area contributed by atoms with Gasteiger partial charge in [-0.05, 0) is 55.6 Å². The van der Waals surface area contributed by atoms with E-state index in [1.807, 2.05) is 25.2 Å². The van der Waals surface area contributed by atoms with E-state index in [2.05, 4.69) is 24.4 Å². The normalized spacial score (nSPS) is 12.4. The molecule has 0 bridgehead atoms. The maximum Gasteiger partial charge on any atom is 0.123 e. The van der Waals surface area contributed by atoms with Crippen LogP contribution in [0.15, 0.2) is 48.5 Å². The van der Waals surface area contributed by atoms with E-state index in [-0.39, 0.29) is 5.82 Å². The topological polar surface area (TPSA) is 12.0 Å². The Hall–Kier alpha value is -1.67. The quantitative estimate of drug-likeness (QED) is 0.852. The van der Waals surface area contributed by atoms with Crippen molar-refractivity contribution in [3.05, 3.63) is 59.9 Å². The molecule has 0 saturated heterocycles. The summed E-state index contributed by atoms with van der Waals surface area (Å²) in [6, 6.07) is 15.6. The Morgan fingerprint density at radius 3 is 2.42 bits per heavy atom. The molecule has 0 radical (unpaired) electrons. The summed E-state index contributed by atoms with van der Waals surface area (Å²) < 4.78 is 13.2. The predicted molar refractivity (Wildman–Crippen MR) is 78.7 cm³/mol. The van der Waals surface area contributed by atoms with Gasteiger partial charge in [0.15, 0.2) is 0 Å². The molecule has 1 unspecified atom stereocenters. The van der Waals surface area contributed by atoms with E-state index in [4.69, 9.17) is 0 Å². The molecule has 0 aromatic heterocycles. The summed E-state index contributed by atoms with van der Waals surface area (Å²) >= 11 is 0. The predicted octanol–water partition coefficient (Wildman–Crippen LogP) is 4.03. The molecular weight excluding hydrogens is 237 g/mol. The maximum atomic E-state index is 13.2. The van der Waals surface area contributed by atoms with Crippen molar-refractivity contribution in [3.63, 3.8) is 0 Å². The SMILES string of the molecule is CNC(C)CCc1cccc(-c2cccc(F)c2)c1. The molecule has 100 valence electrons. The average molecular weight is 257 g/mol. The molecule has 0 fully saturated rings. The number of benzene rings is 2. The van der Waals surface area contributed by atoms with Gasteiger partial charge in [-0.3, -0.25) is 0 Å². The van der Waals surface area contributed by atoms with Crippen LogP contribution in [0.5, 0.6) is 0 Å². The number of halogens is 1. The van der Waals surface area contributed by atoms with Gasteiger partial charge in [0.2, 0.25) is 0 Å². The van der Waals surface area contributed by atoms with E-state index in [9.17, 15) is 4.39 Å². The monoisotopic (exact) mass is 257 g/mol. The van der Waals surface area contributed by atoms with Crippen LogP contribution >= 0.6 is 0 Å². The molecule has 1 atom stereocenters. The summed E-state index contributed by atoms with van der Waals surface area (Å²) in [6.07, 6.45) is 2.13. The van der Waals surface area contributed by atoms with Gasteiger partial charge >= 0.3 is 0 Å². The van der Waals surface area contributed by atoms with Gasteiger partial charge in [-0.15, -0.1) is 0 Å². The molecule has 1 nitrogen and oxygen atoms in total. The zero-order valence-corrected chi connectivity index (χ0v) is 11.5. The summed E-state index contributed by atoms with van der Waals surface area (Å²) in [5.41, 5.74) is 3.31. The van der Waals surface area contributed by atoms with Gasteiger partial charge in [0.25, 0.3) is 0 Å². The second kappa shape index (κ2) is 6.48. The molecule has 0 saturated carbocycles.